The van der Waals surface area contributed by atoms with Gasteiger partial charge in [0.25, 0.3) is 5.91 Å². The second kappa shape index (κ2) is 6.02. The largest absolute Gasteiger partial charge is 0.494 e. The molecule has 128 valence electrons. The van der Waals surface area contributed by atoms with Gasteiger partial charge < -0.3 is 9.64 Å². The van der Waals surface area contributed by atoms with Gasteiger partial charge >= 0.3 is 6.18 Å². The van der Waals surface area contributed by atoms with Crippen LogP contribution in [0.2, 0.25) is 0 Å². The van der Waals surface area contributed by atoms with E-state index in [1.54, 1.807) is 0 Å². The molecule has 7 heteroatoms. The third-order valence-electron chi connectivity index (χ3n) is 4.31. The van der Waals surface area contributed by atoms with Gasteiger partial charge in [0, 0.05) is 18.7 Å². The molecule has 2 rings (SSSR count). The summed E-state index contributed by atoms with van der Waals surface area (Å²) in [6, 6.07) is 3.79. The van der Waals surface area contributed by atoms with Crippen LogP contribution < -0.4 is 4.74 Å². The average molecular weight is 333 g/mol. The van der Waals surface area contributed by atoms with E-state index in [0.29, 0.717) is 0 Å². The van der Waals surface area contributed by atoms with E-state index in [-0.39, 0.29) is 30.8 Å². The molecule has 1 heterocycles. The minimum Gasteiger partial charge on any atom is -0.494 e. The molecular formula is C16H19F4NO2. The molecule has 1 aromatic carbocycles. The highest BCUT2D eigenvalue weighted by Gasteiger charge is 2.51. The van der Waals surface area contributed by atoms with Crippen LogP contribution in [0.5, 0.6) is 5.75 Å². The zero-order valence-electron chi connectivity index (χ0n) is 13.2. The summed E-state index contributed by atoms with van der Waals surface area (Å²) in [7, 11) is 1.31. The zero-order valence-corrected chi connectivity index (χ0v) is 13.2. The highest BCUT2D eigenvalue weighted by molar-refractivity contribution is 5.94. The first-order chi connectivity index (χ1) is 10.6. The molecule has 1 amide bonds. The number of halogens is 4. The molecule has 1 aliphatic rings. The van der Waals surface area contributed by atoms with E-state index in [2.05, 4.69) is 0 Å². The quantitative estimate of drug-likeness (QED) is 0.769. The molecule has 1 saturated heterocycles. The van der Waals surface area contributed by atoms with Crippen molar-refractivity contribution < 1.29 is 27.1 Å². The van der Waals surface area contributed by atoms with Crippen molar-refractivity contribution in [2.75, 3.05) is 20.2 Å². The molecule has 23 heavy (non-hydrogen) atoms. The molecule has 0 aliphatic carbocycles. The Morgan fingerprint density at radius 2 is 2.00 bits per heavy atom. The number of methoxy groups -OCH3 is 1. The third-order valence-corrected chi connectivity index (χ3v) is 4.31. The Bertz CT molecular complexity index is 598. The number of alkyl halides is 3. The molecule has 0 bridgehead atoms. The zero-order chi connectivity index (χ0) is 17.4. The number of likely N-dealkylation sites (tertiary alicyclic amines) is 1. The number of nitrogens with zero attached hydrogens (tertiary/aromatic N) is 1. The topological polar surface area (TPSA) is 29.5 Å². The van der Waals surface area contributed by atoms with Crippen LogP contribution in [0.1, 0.15) is 30.6 Å². The van der Waals surface area contributed by atoms with E-state index >= 15 is 0 Å². The standard InChI is InChI=1S/C16H19F4NO2/c1-15(2)9-21(7-6-13(15)16(18,19)20)14(22)10-4-5-12(23-3)11(17)8-10/h4-5,8,13H,6-7,9H2,1-3H3/t13-/m0/s1. The van der Waals surface area contributed by atoms with Crippen LogP contribution in [0.4, 0.5) is 17.6 Å². The van der Waals surface area contributed by atoms with Crippen molar-refractivity contribution in [3.63, 3.8) is 0 Å². The van der Waals surface area contributed by atoms with Crippen LogP contribution in [0.15, 0.2) is 18.2 Å². The summed E-state index contributed by atoms with van der Waals surface area (Å²) < 4.78 is 57.7. The van der Waals surface area contributed by atoms with Crippen molar-refractivity contribution in [3.05, 3.63) is 29.6 Å². The molecule has 1 aromatic rings. The lowest BCUT2D eigenvalue weighted by Gasteiger charge is -2.44. The summed E-state index contributed by atoms with van der Waals surface area (Å²) in [6.07, 6.45) is -4.44. The molecule has 3 nitrogen and oxygen atoms in total. The Kier molecular flexibility index (Phi) is 4.59. The lowest BCUT2D eigenvalue weighted by molar-refractivity contribution is -0.214. The van der Waals surface area contributed by atoms with Crippen molar-refractivity contribution in [1.29, 1.82) is 0 Å². The third kappa shape index (κ3) is 3.59. The van der Waals surface area contributed by atoms with Gasteiger partial charge in [-0.25, -0.2) is 4.39 Å². The smallest absolute Gasteiger partial charge is 0.392 e. The number of hydrogen-bond acceptors (Lipinski definition) is 2. The molecule has 0 saturated carbocycles. The van der Waals surface area contributed by atoms with Gasteiger partial charge in [0.15, 0.2) is 11.6 Å². The average Bonchev–Trinajstić information content (AvgIpc) is 2.43. The van der Waals surface area contributed by atoms with E-state index in [1.165, 1.54) is 38.0 Å². The monoisotopic (exact) mass is 333 g/mol. The number of rotatable bonds is 2. The SMILES string of the molecule is COc1ccc(C(=O)N2CC[C@H](C(F)(F)F)C(C)(C)C2)cc1F. The van der Waals surface area contributed by atoms with Crippen LogP contribution >= 0.6 is 0 Å². The predicted octanol–water partition coefficient (Wildman–Crippen LogP) is 3.88. The van der Waals surface area contributed by atoms with Gasteiger partial charge in [0.2, 0.25) is 0 Å². The minimum atomic E-state index is -4.29. The van der Waals surface area contributed by atoms with Crippen molar-refractivity contribution in [2.24, 2.45) is 11.3 Å². The van der Waals surface area contributed by atoms with Gasteiger partial charge in [-0.3, -0.25) is 4.79 Å². The highest BCUT2D eigenvalue weighted by Crippen LogP contribution is 2.45. The molecular weight excluding hydrogens is 314 g/mol. The molecule has 1 atom stereocenters. The minimum absolute atomic E-state index is 0.0000876. The van der Waals surface area contributed by atoms with Gasteiger partial charge in [-0.1, -0.05) is 13.8 Å². The molecule has 0 aromatic heterocycles. The van der Waals surface area contributed by atoms with Gasteiger partial charge in [0.1, 0.15) is 0 Å². The number of ether oxygens (including phenoxy) is 1. The summed E-state index contributed by atoms with van der Waals surface area (Å²) in [6.45, 7) is 2.97. The fraction of sp³-hybridized carbons (Fsp3) is 0.562. The van der Waals surface area contributed by atoms with Crippen LogP contribution in [-0.2, 0) is 0 Å². The van der Waals surface area contributed by atoms with E-state index < -0.39 is 29.2 Å². The fourth-order valence-corrected chi connectivity index (χ4v) is 3.12. The summed E-state index contributed by atoms with van der Waals surface area (Å²) in [4.78, 5) is 13.8. The maximum atomic E-state index is 13.7. The second-order valence-electron chi connectivity index (χ2n) is 6.45. The number of piperidine rings is 1. The van der Waals surface area contributed by atoms with E-state index in [9.17, 15) is 22.4 Å². The lowest BCUT2D eigenvalue weighted by atomic mass is 9.73. The van der Waals surface area contributed by atoms with Crippen LogP contribution in [-0.4, -0.2) is 37.2 Å². The van der Waals surface area contributed by atoms with Crippen molar-refractivity contribution in [2.45, 2.75) is 26.4 Å². The highest BCUT2D eigenvalue weighted by atomic mass is 19.4. The molecule has 0 radical (unpaired) electrons. The number of benzene rings is 1. The Hall–Kier alpha value is -1.79. The lowest BCUT2D eigenvalue weighted by Crippen LogP contribution is -2.52. The predicted molar refractivity (Wildman–Crippen MR) is 76.8 cm³/mol. The molecule has 0 N–H and O–H groups in total. The number of amides is 1. The van der Waals surface area contributed by atoms with Gasteiger partial charge in [-0.05, 0) is 30.0 Å². The normalized spacial score (nSPS) is 21.2. The van der Waals surface area contributed by atoms with Crippen LogP contribution in [0.3, 0.4) is 0 Å². The molecule has 1 aliphatic heterocycles. The summed E-state index contributed by atoms with van der Waals surface area (Å²) >= 11 is 0. The van der Waals surface area contributed by atoms with E-state index in [1.807, 2.05) is 0 Å². The summed E-state index contributed by atoms with van der Waals surface area (Å²) in [5, 5.41) is 0. The first-order valence-corrected chi connectivity index (χ1v) is 7.26. The summed E-state index contributed by atoms with van der Waals surface area (Å²) in [5.41, 5.74) is -0.985. The Morgan fingerprint density at radius 3 is 2.48 bits per heavy atom. The number of carbonyl (C=O) groups excluding carboxylic acids is 1. The Morgan fingerprint density at radius 1 is 1.35 bits per heavy atom. The number of hydrogen-bond donors (Lipinski definition) is 0. The maximum Gasteiger partial charge on any atom is 0.392 e. The molecule has 0 unspecified atom stereocenters. The van der Waals surface area contributed by atoms with Crippen molar-refractivity contribution >= 4 is 5.91 Å². The second-order valence-corrected chi connectivity index (χ2v) is 6.45. The van der Waals surface area contributed by atoms with Gasteiger partial charge in [-0.15, -0.1) is 0 Å². The van der Waals surface area contributed by atoms with E-state index in [4.69, 9.17) is 4.74 Å². The summed E-state index contributed by atoms with van der Waals surface area (Å²) in [5.74, 6) is -2.59. The van der Waals surface area contributed by atoms with Crippen molar-refractivity contribution in [1.82, 2.24) is 4.90 Å². The molecule has 0 spiro atoms. The van der Waals surface area contributed by atoms with Gasteiger partial charge in [-0.2, -0.15) is 13.2 Å². The maximum absolute atomic E-state index is 13.7. The molecule has 1 fully saturated rings. The number of carbonyl (C=O) groups is 1. The van der Waals surface area contributed by atoms with E-state index in [0.717, 1.165) is 6.07 Å². The Balaban J connectivity index is 2.18. The van der Waals surface area contributed by atoms with Crippen LogP contribution in [0.25, 0.3) is 0 Å². The van der Waals surface area contributed by atoms with Crippen molar-refractivity contribution in [3.8, 4) is 5.75 Å². The Labute approximate surface area is 132 Å². The van der Waals surface area contributed by atoms with Gasteiger partial charge in [0.05, 0.1) is 13.0 Å². The fourth-order valence-electron chi connectivity index (χ4n) is 3.12. The first-order valence-electron chi connectivity index (χ1n) is 7.26. The first kappa shape index (κ1) is 17.6. The van der Waals surface area contributed by atoms with Crippen LogP contribution in [0, 0.1) is 17.2 Å².